The van der Waals surface area contributed by atoms with Crippen LogP contribution in [0.5, 0.6) is 0 Å². The summed E-state index contributed by atoms with van der Waals surface area (Å²) in [6.07, 6.45) is 3.72. The van der Waals surface area contributed by atoms with Gasteiger partial charge in [0.05, 0.1) is 0 Å². The fourth-order valence-corrected chi connectivity index (χ4v) is 3.60. The second-order valence-corrected chi connectivity index (χ2v) is 7.63. The first kappa shape index (κ1) is 18.4. The summed E-state index contributed by atoms with van der Waals surface area (Å²) < 4.78 is 0. The topological polar surface area (TPSA) is 35.5 Å². The van der Waals surface area contributed by atoms with Crippen molar-refractivity contribution in [2.24, 2.45) is 5.41 Å². The molecule has 3 heteroatoms. The van der Waals surface area contributed by atoms with Crippen molar-refractivity contribution in [1.82, 2.24) is 10.2 Å². The van der Waals surface area contributed by atoms with Crippen molar-refractivity contribution in [2.75, 3.05) is 32.8 Å². The van der Waals surface area contributed by atoms with Crippen LogP contribution in [0.4, 0.5) is 0 Å². The summed E-state index contributed by atoms with van der Waals surface area (Å²) >= 11 is 0. The summed E-state index contributed by atoms with van der Waals surface area (Å²) in [7, 11) is 0. The van der Waals surface area contributed by atoms with Crippen LogP contribution in [0.15, 0.2) is 30.3 Å². The van der Waals surface area contributed by atoms with Gasteiger partial charge >= 0.3 is 0 Å². The fraction of sp³-hybridized carbons (Fsp3) is 0.700. The van der Waals surface area contributed by atoms with E-state index >= 15 is 0 Å². The molecule has 0 spiro atoms. The molecule has 0 amide bonds. The first-order valence-corrected chi connectivity index (χ1v) is 9.18. The minimum absolute atomic E-state index is 0.114. The highest BCUT2D eigenvalue weighted by Crippen LogP contribution is 2.34. The number of benzene rings is 1. The molecule has 130 valence electrons. The molecule has 1 heterocycles. The summed E-state index contributed by atoms with van der Waals surface area (Å²) in [5, 5.41) is 13.6. The predicted molar refractivity (Wildman–Crippen MR) is 97.8 cm³/mol. The molecule has 0 bridgehead atoms. The van der Waals surface area contributed by atoms with Gasteiger partial charge in [-0.3, -0.25) is 0 Å². The lowest BCUT2D eigenvalue weighted by Gasteiger charge is -2.37. The third-order valence-electron chi connectivity index (χ3n) is 5.29. The lowest BCUT2D eigenvalue weighted by Crippen LogP contribution is -2.45. The number of nitrogens with zero attached hydrogens (tertiary/aromatic N) is 1. The first-order chi connectivity index (χ1) is 11.1. The fourth-order valence-electron chi connectivity index (χ4n) is 3.60. The number of likely N-dealkylation sites (tertiary alicyclic amines) is 1. The van der Waals surface area contributed by atoms with E-state index in [1.807, 2.05) is 0 Å². The van der Waals surface area contributed by atoms with Gasteiger partial charge in [-0.2, -0.15) is 0 Å². The van der Waals surface area contributed by atoms with Crippen molar-refractivity contribution in [3.8, 4) is 0 Å². The van der Waals surface area contributed by atoms with Crippen LogP contribution in [-0.2, 0) is 0 Å². The molecular formula is C20H34N2O. The van der Waals surface area contributed by atoms with Crippen molar-refractivity contribution in [1.29, 1.82) is 0 Å². The molecule has 1 aliphatic rings. The Bertz CT molecular complexity index is 438. The highest BCUT2D eigenvalue weighted by molar-refractivity contribution is 5.22. The minimum atomic E-state index is -0.114. The Balaban J connectivity index is 1.92. The molecule has 1 atom stereocenters. The van der Waals surface area contributed by atoms with Crippen LogP contribution in [0, 0.1) is 5.41 Å². The van der Waals surface area contributed by atoms with E-state index < -0.39 is 0 Å². The largest absolute Gasteiger partial charge is 0.396 e. The van der Waals surface area contributed by atoms with Gasteiger partial charge in [-0.1, -0.05) is 51.1 Å². The maximum Gasteiger partial charge on any atom is 0.0488 e. The normalized spacial score (nSPS) is 19.0. The van der Waals surface area contributed by atoms with Gasteiger partial charge in [-0.05, 0) is 49.9 Å². The van der Waals surface area contributed by atoms with Crippen LogP contribution in [0.3, 0.4) is 0 Å². The zero-order valence-electron chi connectivity index (χ0n) is 15.1. The molecule has 0 aromatic heterocycles. The Morgan fingerprint density at radius 1 is 1.22 bits per heavy atom. The van der Waals surface area contributed by atoms with Gasteiger partial charge in [-0.15, -0.1) is 0 Å². The number of hydrogen-bond donors (Lipinski definition) is 2. The molecule has 1 saturated heterocycles. The highest BCUT2D eigenvalue weighted by atomic mass is 16.3. The van der Waals surface area contributed by atoms with E-state index in [1.54, 1.807) is 0 Å². The van der Waals surface area contributed by atoms with Crippen molar-refractivity contribution < 1.29 is 5.11 Å². The van der Waals surface area contributed by atoms with Crippen LogP contribution < -0.4 is 5.32 Å². The Hall–Kier alpha value is -0.900. The van der Waals surface area contributed by atoms with Gasteiger partial charge in [0.15, 0.2) is 0 Å². The molecule has 2 N–H and O–H groups in total. The lowest BCUT2D eigenvalue weighted by atomic mass is 9.75. The number of aliphatic hydroxyl groups excluding tert-OH is 1. The van der Waals surface area contributed by atoms with Crippen LogP contribution in [-0.4, -0.2) is 48.8 Å². The third-order valence-corrected chi connectivity index (χ3v) is 5.29. The van der Waals surface area contributed by atoms with Crippen LogP contribution >= 0.6 is 0 Å². The number of hydrogen-bond acceptors (Lipinski definition) is 3. The van der Waals surface area contributed by atoms with Crippen molar-refractivity contribution in [3.63, 3.8) is 0 Å². The van der Waals surface area contributed by atoms with E-state index in [9.17, 15) is 5.11 Å². The third kappa shape index (κ3) is 5.30. The number of piperidine rings is 1. The molecule has 1 aliphatic heterocycles. The van der Waals surface area contributed by atoms with Crippen LogP contribution in [0.1, 0.15) is 51.5 Å². The summed E-state index contributed by atoms with van der Waals surface area (Å²) in [5.74, 6) is 0.336. The second-order valence-electron chi connectivity index (χ2n) is 7.63. The predicted octanol–water partition coefficient (Wildman–Crippen LogP) is 3.25. The average molecular weight is 319 g/mol. The van der Waals surface area contributed by atoms with Gasteiger partial charge in [0.25, 0.3) is 0 Å². The lowest BCUT2D eigenvalue weighted by molar-refractivity contribution is 0.124. The molecule has 1 unspecified atom stereocenters. The zero-order valence-corrected chi connectivity index (χ0v) is 15.1. The highest BCUT2D eigenvalue weighted by Gasteiger charge is 2.31. The van der Waals surface area contributed by atoms with E-state index in [4.69, 9.17) is 0 Å². The summed E-state index contributed by atoms with van der Waals surface area (Å²) in [6.45, 7) is 11.4. The van der Waals surface area contributed by atoms with Gasteiger partial charge in [-0.25, -0.2) is 0 Å². The van der Waals surface area contributed by atoms with E-state index in [1.165, 1.54) is 44.5 Å². The van der Waals surface area contributed by atoms with Crippen molar-refractivity contribution >= 4 is 0 Å². The molecule has 1 aromatic carbocycles. The molecule has 3 nitrogen and oxygen atoms in total. The quantitative estimate of drug-likeness (QED) is 0.772. The van der Waals surface area contributed by atoms with E-state index in [0.717, 1.165) is 6.54 Å². The number of rotatable bonds is 8. The van der Waals surface area contributed by atoms with E-state index in [-0.39, 0.29) is 12.0 Å². The summed E-state index contributed by atoms with van der Waals surface area (Å²) in [4.78, 5) is 2.57. The Kier molecular flexibility index (Phi) is 7.07. The summed E-state index contributed by atoms with van der Waals surface area (Å²) in [6, 6.07) is 11.2. The second kappa shape index (κ2) is 8.81. The molecular weight excluding hydrogens is 284 g/mol. The molecule has 0 radical (unpaired) electrons. The average Bonchev–Trinajstić information content (AvgIpc) is 2.57. The van der Waals surface area contributed by atoms with Crippen molar-refractivity contribution in [3.05, 3.63) is 35.9 Å². The van der Waals surface area contributed by atoms with E-state index in [0.29, 0.717) is 12.0 Å². The molecule has 23 heavy (non-hydrogen) atoms. The van der Waals surface area contributed by atoms with Crippen molar-refractivity contribution in [2.45, 2.75) is 52.0 Å². The van der Waals surface area contributed by atoms with Gasteiger partial charge < -0.3 is 15.3 Å². The number of nitrogens with one attached hydrogen (secondary N) is 1. The van der Waals surface area contributed by atoms with Crippen LogP contribution in [0.25, 0.3) is 0 Å². The Morgan fingerprint density at radius 2 is 1.87 bits per heavy atom. The van der Waals surface area contributed by atoms with E-state index in [2.05, 4.69) is 61.3 Å². The first-order valence-electron chi connectivity index (χ1n) is 9.18. The van der Waals surface area contributed by atoms with Crippen LogP contribution in [0.2, 0.25) is 0 Å². The molecule has 1 aromatic rings. The monoisotopic (exact) mass is 318 g/mol. The maximum absolute atomic E-state index is 9.82. The van der Waals surface area contributed by atoms with Gasteiger partial charge in [0.2, 0.25) is 0 Å². The molecule has 0 aliphatic carbocycles. The SMILES string of the molecule is CCCN1CCC(NCC(c2ccccc2)C(C)(C)CO)CC1. The Labute approximate surface area is 142 Å². The standard InChI is InChI=1S/C20H34N2O/c1-4-12-22-13-10-18(11-14-22)21-15-19(20(2,3)16-23)17-8-6-5-7-9-17/h5-9,18-19,21,23H,4,10-16H2,1-3H3. The van der Waals surface area contributed by atoms with Gasteiger partial charge in [0.1, 0.15) is 0 Å². The Morgan fingerprint density at radius 3 is 2.43 bits per heavy atom. The molecule has 1 fully saturated rings. The maximum atomic E-state index is 9.82. The molecule has 0 saturated carbocycles. The minimum Gasteiger partial charge on any atom is -0.396 e. The smallest absolute Gasteiger partial charge is 0.0488 e. The number of aliphatic hydroxyl groups is 1. The zero-order chi connectivity index (χ0) is 16.7. The van der Waals surface area contributed by atoms with Gasteiger partial charge in [0, 0.05) is 25.1 Å². The molecule has 2 rings (SSSR count). The summed E-state index contributed by atoms with van der Waals surface area (Å²) in [5.41, 5.74) is 1.21.